The lowest BCUT2D eigenvalue weighted by atomic mass is 9.84. The first-order chi connectivity index (χ1) is 13.6. The zero-order valence-corrected chi connectivity index (χ0v) is 17.6. The molecule has 6 heteroatoms. The fourth-order valence-electron chi connectivity index (χ4n) is 4.39. The molecule has 3 rings (SSSR count). The largest absolute Gasteiger partial charge is 0.497 e. The van der Waals surface area contributed by atoms with Crippen LogP contribution >= 0.6 is 0 Å². The third-order valence-corrected chi connectivity index (χ3v) is 6.29. The van der Waals surface area contributed by atoms with Gasteiger partial charge in [0.2, 0.25) is 5.91 Å². The second-order valence-corrected chi connectivity index (χ2v) is 8.10. The third-order valence-electron chi connectivity index (χ3n) is 6.29. The summed E-state index contributed by atoms with van der Waals surface area (Å²) in [5, 5.41) is 3.41. The Morgan fingerprint density at radius 2 is 1.86 bits per heavy atom. The summed E-state index contributed by atoms with van der Waals surface area (Å²) in [5.41, 5.74) is 1.13. The van der Waals surface area contributed by atoms with Crippen molar-refractivity contribution in [3.63, 3.8) is 0 Å². The maximum atomic E-state index is 12.8. The van der Waals surface area contributed by atoms with E-state index in [4.69, 9.17) is 9.47 Å². The van der Waals surface area contributed by atoms with Crippen LogP contribution in [0.25, 0.3) is 0 Å². The van der Waals surface area contributed by atoms with E-state index in [2.05, 4.69) is 22.0 Å². The first kappa shape index (κ1) is 20.9. The number of carbonyl (C=O) groups excluding carboxylic acids is 1. The van der Waals surface area contributed by atoms with E-state index in [1.54, 1.807) is 14.2 Å². The van der Waals surface area contributed by atoms with Gasteiger partial charge in [0.25, 0.3) is 0 Å². The van der Waals surface area contributed by atoms with E-state index < -0.39 is 0 Å². The molecule has 0 radical (unpaired) electrons. The summed E-state index contributed by atoms with van der Waals surface area (Å²) in [4.78, 5) is 17.2. The molecule has 2 aliphatic heterocycles. The fourth-order valence-corrected chi connectivity index (χ4v) is 4.39. The molecule has 6 nitrogen and oxygen atoms in total. The minimum atomic E-state index is 0.324. The van der Waals surface area contributed by atoms with Crippen molar-refractivity contribution in [1.82, 2.24) is 15.1 Å². The highest BCUT2D eigenvalue weighted by Gasteiger charge is 2.26. The Hall–Kier alpha value is -1.79. The maximum Gasteiger partial charge on any atom is 0.222 e. The summed E-state index contributed by atoms with van der Waals surface area (Å²) in [6.07, 6.45) is 3.09. The van der Waals surface area contributed by atoms with Gasteiger partial charge < -0.3 is 19.7 Å². The van der Waals surface area contributed by atoms with E-state index >= 15 is 0 Å². The molecule has 1 aromatic rings. The van der Waals surface area contributed by atoms with Gasteiger partial charge in [-0.05, 0) is 56.0 Å². The molecule has 2 fully saturated rings. The maximum absolute atomic E-state index is 12.8. The average molecular weight is 390 g/mol. The predicted molar refractivity (Wildman–Crippen MR) is 111 cm³/mol. The molecule has 0 spiro atoms. The van der Waals surface area contributed by atoms with Crippen molar-refractivity contribution in [2.75, 3.05) is 53.5 Å². The summed E-state index contributed by atoms with van der Waals surface area (Å²) in [6.45, 7) is 8.66. The van der Waals surface area contributed by atoms with Gasteiger partial charge in [0.15, 0.2) is 0 Å². The van der Waals surface area contributed by atoms with Crippen molar-refractivity contribution in [2.45, 2.75) is 32.7 Å². The van der Waals surface area contributed by atoms with Crippen LogP contribution in [0.3, 0.4) is 0 Å². The zero-order chi connectivity index (χ0) is 19.9. The van der Waals surface area contributed by atoms with Crippen molar-refractivity contribution >= 4 is 5.91 Å². The minimum absolute atomic E-state index is 0.324. The number of piperazine rings is 1. The Labute approximate surface area is 169 Å². The summed E-state index contributed by atoms with van der Waals surface area (Å²) >= 11 is 0. The van der Waals surface area contributed by atoms with E-state index in [1.807, 2.05) is 18.2 Å². The Morgan fingerprint density at radius 1 is 1.14 bits per heavy atom. The number of rotatable bonds is 7. The SMILES string of the molecule is COc1ccc(OC)c(CN2CCN(C(=O)CC(C)C3CCNCC3)CC2)c1. The molecule has 28 heavy (non-hydrogen) atoms. The summed E-state index contributed by atoms with van der Waals surface area (Å²) in [6, 6.07) is 5.91. The van der Waals surface area contributed by atoms with Crippen LogP contribution in [0.5, 0.6) is 11.5 Å². The van der Waals surface area contributed by atoms with Gasteiger partial charge in [0.1, 0.15) is 11.5 Å². The normalized spacial score (nSPS) is 20.0. The molecule has 156 valence electrons. The Balaban J connectivity index is 1.48. The number of piperidine rings is 1. The molecule has 2 saturated heterocycles. The number of carbonyl (C=O) groups is 1. The van der Waals surface area contributed by atoms with Crippen molar-refractivity contribution in [3.05, 3.63) is 23.8 Å². The smallest absolute Gasteiger partial charge is 0.222 e. The predicted octanol–water partition coefficient (Wildman–Crippen LogP) is 2.37. The van der Waals surface area contributed by atoms with E-state index in [-0.39, 0.29) is 0 Å². The van der Waals surface area contributed by atoms with Gasteiger partial charge >= 0.3 is 0 Å². The molecular formula is C22H35N3O3. The molecular weight excluding hydrogens is 354 g/mol. The number of amides is 1. The van der Waals surface area contributed by atoms with Gasteiger partial charge in [-0.25, -0.2) is 0 Å². The van der Waals surface area contributed by atoms with Gasteiger partial charge in [-0.3, -0.25) is 9.69 Å². The highest BCUT2D eigenvalue weighted by atomic mass is 16.5. The van der Waals surface area contributed by atoms with Crippen molar-refractivity contribution in [1.29, 1.82) is 0 Å². The summed E-state index contributed by atoms with van der Waals surface area (Å²) < 4.78 is 10.8. The molecule has 1 amide bonds. The van der Waals surface area contributed by atoms with E-state index in [9.17, 15) is 4.79 Å². The van der Waals surface area contributed by atoms with Crippen LogP contribution in [0.4, 0.5) is 0 Å². The molecule has 1 unspecified atom stereocenters. The standard InChI is InChI=1S/C22H35N3O3/c1-17(18-6-8-23-9-7-18)14-22(26)25-12-10-24(11-13-25)16-19-15-20(27-2)4-5-21(19)28-3/h4-5,15,17-18,23H,6-14,16H2,1-3H3. The number of ether oxygens (including phenoxy) is 2. The lowest BCUT2D eigenvalue weighted by Crippen LogP contribution is -2.48. The van der Waals surface area contributed by atoms with Crippen LogP contribution < -0.4 is 14.8 Å². The molecule has 1 atom stereocenters. The first-order valence-electron chi connectivity index (χ1n) is 10.5. The van der Waals surface area contributed by atoms with Crippen molar-refractivity contribution in [2.24, 2.45) is 11.8 Å². The van der Waals surface area contributed by atoms with Crippen LogP contribution in [-0.4, -0.2) is 69.2 Å². The van der Waals surface area contributed by atoms with Crippen LogP contribution in [0.15, 0.2) is 18.2 Å². The van der Waals surface area contributed by atoms with Crippen molar-refractivity contribution < 1.29 is 14.3 Å². The van der Waals surface area contributed by atoms with Gasteiger partial charge in [0, 0.05) is 44.7 Å². The van der Waals surface area contributed by atoms with Crippen LogP contribution in [0.2, 0.25) is 0 Å². The van der Waals surface area contributed by atoms with Gasteiger partial charge in [0.05, 0.1) is 14.2 Å². The summed E-state index contributed by atoms with van der Waals surface area (Å²) in [7, 11) is 3.38. The Bertz CT molecular complexity index is 638. The monoisotopic (exact) mass is 389 g/mol. The third kappa shape index (κ3) is 5.39. The molecule has 0 saturated carbocycles. The Morgan fingerprint density at radius 3 is 2.50 bits per heavy atom. The van der Waals surface area contributed by atoms with Gasteiger partial charge in [-0.1, -0.05) is 6.92 Å². The number of nitrogens with one attached hydrogen (secondary N) is 1. The van der Waals surface area contributed by atoms with E-state index in [0.29, 0.717) is 24.2 Å². The summed E-state index contributed by atoms with van der Waals surface area (Å²) in [5.74, 6) is 3.22. The minimum Gasteiger partial charge on any atom is -0.497 e. The van der Waals surface area contributed by atoms with Gasteiger partial charge in [-0.2, -0.15) is 0 Å². The first-order valence-corrected chi connectivity index (χ1v) is 10.5. The Kier molecular flexibility index (Phi) is 7.57. The average Bonchev–Trinajstić information content (AvgIpc) is 2.74. The lowest BCUT2D eigenvalue weighted by molar-refractivity contribution is -0.134. The zero-order valence-electron chi connectivity index (χ0n) is 17.6. The second-order valence-electron chi connectivity index (χ2n) is 8.10. The quantitative estimate of drug-likeness (QED) is 0.776. The number of hydrogen-bond acceptors (Lipinski definition) is 5. The van der Waals surface area contributed by atoms with E-state index in [0.717, 1.165) is 62.9 Å². The van der Waals surface area contributed by atoms with E-state index in [1.165, 1.54) is 12.8 Å². The molecule has 0 bridgehead atoms. The molecule has 0 aromatic heterocycles. The van der Waals surface area contributed by atoms with Crippen molar-refractivity contribution in [3.8, 4) is 11.5 Å². The highest BCUT2D eigenvalue weighted by Crippen LogP contribution is 2.27. The van der Waals surface area contributed by atoms with Crippen LogP contribution in [-0.2, 0) is 11.3 Å². The molecule has 0 aliphatic carbocycles. The highest BCUT2D eigenvalue weighted by molar-refractivity contribution is 5.76. The molecule has 1 aromatic carbocycles. The second kappa shape index (κ2) is 10.1. The molecule has 2 heterocycles. The number of benzene rings is 1. The fraction of sp³-hybridized carbons (Fsp3) is 0.682. The van der Waals surface area contributed by atoms with Crippen LogP contribution in [0, 0.1) is 11.8 Å². The van der Waals surface area contributed by atoms with Gasteiger partial charge in [-0.15, -0.1) is 0 Å². The molecule has 2 aliphatic rings. The number of nitrogens with zero attached hydrogens (tertiary/aromatic N) is 2. The number of methoxy groups -OCH3 is 2. The lowest BCUT2D eigenvalue weighted by Gasteiger charge is -2.36. The molecule has 1 N–H and O–H groups in total. The number of hydrogen-bond donors (Lipinski definition) is 1. The van der Waals surface area contributed by atoms with Crippen LogP contribution in [0.1, 0.15) is 31.7 Å². The topological polar surface area (TPSA) is 54.0 Å².